The second kappa shape index (κ2) is 21.9. The van der Waals surface area contributed by atoms with Crippen molar-refractivity contribution in [3.63, 3.8) is 0 Å². The average molecular weight is 1070 g/mol. The molecule has 3 aliphatic heterocycles. The predicted molar refractivity (Wildman–Crippen MR) is 286 cm³/mol. The topological polar surface area (TPSA) is 177 Å². The van der Waals surface area contributed by atoms with Crippen LogP contribution in [0.3, 0.4) is 0 Å². The van der Waals surface area contributed by atoms with Crippen LogP contribution in [-0.2, 0) is 17.6 Å². The second-order valence-electron chi connectivity index (χ2n) is 18.6. The first-order chi connectivity index (χ1) is 36.7. The molecule has 3 saturated heterocycles. The molecule has 0 radical (unpaired) electrons. The first-order valence-electron chi connectivity index (χ1n) is 24.9. The summed E-state index contributed by atoms with van der Waals surface area (Å²) in [7, 11) is 3.71. The number of β-amino-alcohol motifs (C(OH)–C–C–N with tert-alkyl or cyclic N) is 1. The van der Waals surface area contributed by atoms with E-state index in [0.29, 0.717) is 117 Å². The third-order valence-electron chi connectivity index (χ3n) is 13.8. The fraction of sp³-hybridized carbons (Fsp3) is 0.340. The Kier molecular flexibility index (Phi) is 14.9. The maximum atomic E-state index is 15.4. The number of likely N-dealkylation sites (tertiary alicyclic amines) is 1. The number of benzene rings is 2. The fourth-order valence-electron chi connectivity index (χ4n) is 9.68. The quantitative estimate of drug-likeness (QED) is 0.114. The number of carbonyl (C=O) groups excluding carboxylic acids is 1. The minimum atomic E-state index is -0.426. The van der Waals surface area contributed by atoms with E-state index < -0.39 is 6.10 Å². The van der Waals surface area contributed by atoms with Gasteiger partial charge in [-0.15, -0.1) is 0 Å². The Morgan fingerprint density at radius 2 is 1.12 bits per heavy atom. The minimum Gasteiger partial charge on any atom is -0.389 e. The van der Waals surface area contributed by atoms with Crippen LogP contribution < -0.4 is 24.9 Å². The zero-order valence-corrected chi connectivity index (χ0v) is 43.8. The molecule has 17 nitrogen and oxygen atoms in total. The fourth-order valence-corrected chi connectivity index (χ4v) is 11.4. The van der Waals surface area contributed by atoms with Crippen LogP contribution in [0.5, 0.6) is 0 Å². The Balaban J connectivity index is 0.000000177. The Hall–Kier alpha value is -7.67. The number of nitrogens with one attached hydrogen (secondary N) is 1. The molecule has 23 heteroatoms. The zero-order chi connectivity index (χ0) is 53.4. The van der Waals surface area contributed by atoms with Crippen molar-refractivity contribution < 1.29 is 27.5 Å². The number of hydrogen-bond donors (Lipinski definition) is 2. The monoisotopic (exact) mass is 1070 g/mol. The second-order valence-corrected chi connectivity index (χ2v) is 20.6. The lowest BCUT2D eigenvalue weighted by molar-refractivity contribution is -0.142. The lowest BCUT2D eigenvalue weighted by atomic mass is 10.1. The van der Waals surface area contributed by atoms with Crippen LogP contribution in [0.1, 0.15) is 35.0 Å². The number of nitrogens with zero attached hydrogens (tertiary/aromatic N) is 14. The number of rotatable bonds is 12. The van der Waals surface area contributed by atoms with E-state index in [1.807, 2.05) is 56.3 Å². The lowest BCUT2D eigenvalue weighted by Gasteiger charge is -2.39. The molecule has 9 heterocycles. The number of carbonyl (C=O) groups is 1. The molecule has 8 aromatic rings. The average Bonchev–Trinajstić information content (AvgIpc) is 4.23. The number of thiazole rings is 2. The van der Waals surface area contributed by atoms with Gasteiger partial charge in [-0.2, -0.15) is 10.5 Å². The van der Waals surface area contributed by atoms with Gasteiger partial charge >= 0.3 is 0 Å². The molecule has 6 aromatic heterocycles. The van der Waals surface area contributed by atoms with Gasteiger partial charge in [0.1, 0.15) is 67.8 Å². The van der Waals surface area contributed by atoms with Gasteiger partial charge in [-0.3, -0.25) is 18.5 Å². The standard InChI is InChI=1S/C29H30F2N8O2S.C24H23F2N7S/c1-3-22-28(35(2)29-34-27(24(13-32)42-29)18-4-6-19(30)7-5-18)39-16-23(21(31)12-25(39)33-22)37-10-8-36(9-11-37)17-26(41)38-14-20(40)15-38;1-3-18-23(33-14-19(17(26)12-21(33)29-18)32-10-8-28-9-11-32)31(2)24-30-22(20(13-27)34-24)15-4-6-16(25)7-5-15/h4-7,12,16,20,40H,3,8-11,14-15,17H2,1-2H3;4-7,12,14,28H,3,8-11H2,1-2H3. The van der Waals surface area contributed by atoms with Crippen molar-refractivity contribution in [2.75, 3.05) is 106 Å². The highest BCUT2D eigenvalue weighted by Gasteiger charge is 2.32. The van der Waals surface area contributed by atoms with Gasteiger partial charge in [-0.1, -0.05) is 36.5 Å². The first-order valence-corrected chi connectivity index (χ1v) is 26.5. The summed E-state index contributed by atoms with van der Waals surface area (Å²) in [4.78, 5) is 43.5. The number of amides is 1. The summed E-state index contributed by atoms with van der Waals surface area (Å²) in [5.74, 6) is 0.119. The summed E-state index contributed by atoms with van der Waals surface area (Å²) >= 11 is 2.48. The highest BCUT2D eigenvalue weighted by Crippen LogP contribution is 2.40. The molecule has 2 aromatic carbocycles. The largest absolute Gasteiger partial charge is 0.389 e. The van der Waals surface area contributed by atoms with E-state index in [9.17, 15) is 33.6 Å². The van der Waals surface area contributed by atoms with E-state index in [1.165, 1.54) is 59.1 Å². The number of fused-ring (bicyclic) bond motifs is 2. The summed E-state index contributed by atoms with van der Waals surface area (Å²) in [6, 6.07) is 19.1. The molecule has 3 fully saturated rings. The van der Waals surface area contributed by atoms with Crippen molar-refractivity contribution in [2.45, 2.75) is 32.8 Å². The Labute approximate surface area is 443 Å². The summed E-state index contributed by atoms with van der Waals surface area (Å²) in [6.45, 7) is 10.4. The summed E-state index contributed by atoms with van der Waals surface area (Å²) < 4.78 is 61.0. The summed E-state index contributed by atoms with van der Waals surface area (Å²) in [5, 5.41) is 33.4. The maximum absolute atomic E-state index is 15.4. The molecule has 3 aliphatic rings. The molecule has 392 valence electrons. The zero-order valence-electron chi connectivity index (χ0n) is 42.1. The maximum Gasteiger partial charge on any atom is 0.236 e. The van der Waals surface area contributed by atoms with Crippen molar-refractivity contribution in [1.29, 1.82) is 10.5 Å². The SMILES string of the molecule is CCc1nc2cc(F)c(N3CCN(CC(=O)N4CC(O)C4)CC3)cn2c1N(C)c1nc(-c2ccc(F)cc2)c(C#N)s1.CCc1nc2cc(F)c(N3CCNCC3)cn2c1N(C)c1nc(-c2ccc(F)cc2)c(C#N)s1. The molecule has 0 aliphatic carbocycles. The van der Waals surface area contributed by atoms with E-state index in [0.717, 1.165) is 49.2 Å². The van der Waals surface area contributed by atoms with Gasteiger partial charge in [-0.25, -0.2) is 37.5 Å². The van der Waals surface area contributed by atoms with Gasteiger partial charge in [0.2, 0.25) is 5.91 Å². The smallest absolute Gasteiger partial charge is 0.236 e. The van der Waals surface area contributed by atoms with Crippen LogP contribution in [0.4, 0.5) is 50.8 Å². The number of aromatic nitrogens is 6. The molecular formula is C53H53F4N15O2S2. The number of aliphatic hydroxyl groups excluding tert-OH is 1. The van der Waals surface area contributed by atoms with E-state index >= 15 is 4.39 Å². The van der Waals surface area contributed by atoms with Crippen molar-refractivity contribution in [1.82, 2.24) is 43.9 Å². The van der Waals surface area contributed by atoms with E-state index in [-0.39, 0.29) is 35.7 Å². The van der Waals surface area contributed by atoms with Crippen LogP contribution in [0, 0.1) is 45.9 Å². The van der Waals surface area contributed by atoms with E-state index in [4.69, 9.17) is 9.97 Å². The highest BCUT2D eigenvalue weighted by molar-refractivity contribution is 7.17. The third-order valence-corrected chi connectivity index (χ3v) is 15.8. The van der Waals surface area contributed by atoms with Gasteiger partial charge in [0.25, 0.3) is 0 Å². The van der Waals surface area contributed by atoms with Gasteiger partial charge < -0.3 is 34.9 Å². The molecule has 2 N–H and O–H groups in total. The molecular weight excluding hydrogens is 1020 g/mol. The highest BCUT2D eigenvalue weighted by atomic mass is 32.1. The van der Waals surface area contributed by atoms with Crippen LogP contribution in [-0.4, -0.2) is 142 Å². The number of aryl methyl sites for hydroxylation is 2. The molecule has 1 amide bonds. The number of pyridine rings is 2. The summed E-state index contributed by atoms with van der Waals surface area (Å²) in [5.41, 5.74) is 5.82. The predicted octanol–water partition coefficient (Wildman–Crippen LogP) is 7.61. The summed E-state index contributed by atoms with van der Waals surface area (Å²) in [6.07, 6.45) is 4.37. The van der Waals surface area contributed by atoms with Crippen molar-refractivity contribution in [2.24, 2.45) is 0 Å². The molecule has 76 heavy (non-hydrogen) atoms. The van der Waals surface area contributed by atoms with Crippen molar-refractivity contribution in [3.8, 4) is 34.7 Å². The van der Waals surface area contributed by atoms with Gasteiger partial charge in [0, 0.05) is 115 Å². The molecule has 0 spiro atoms. The number of nitriles is 2. The number of aliphatic hydroxyl groups is 1. The van der Waals surface area contributed by atoms with E-state index in [1.54, 1.807) is 41.6 Å². The molecule has 0 saturated carbocycles. The first kappa shape index (κ1) is 51.8. The number of anilines is 6. The molecule has 0 atom stereocenters. The van der Waals surface area contributed by atoms with Crippen molar-refractivity contribution >= 4 is 73.1 Å². The molecule has 0 unspecified atom stereocenters. The van der Waals surface area contributed by atoms with Gasteiger partial charge in [0.15, 0.2) is 21.9 Å². The van der Waals surface area contributed by atoms with Gasteiger partial charge in [-0.05, 0) is 61.4 Å². The van der Waals surface area contributed by atoms with E-state index in [2.05, 4.69) is 32.3 Å². The number of hydrogen-bond acceptors (Lipinski definition) is 16. The minimum absolute atomic E-state index is 0.00358. The van der Waals surface area contributed by atoms with Crippen LogP contribution in [0.15, 0.2) is 73.1 Å². The van der Waals surface area contributed by atoms with Crippen LogP contribution >= 0.6 is 22.7 Å². The normalized spacial score (nSPS) is 15.1. The Bertz CT molecular complexity index is 3510. The molecule has 11 rings (SSSR count). The Morgan fingerprint density at radius 1 is 0.684 bits per heavy atom. The molecule has 0 bridgehead atoms. The Morgan fingerprint density at radius 3 is 1.53 bits per heavy atom. The third kappa shape index (κ3) is 10.2. The van der Waals surface area contributed by atoms with Crippen LogP contribution in [0.2, 0.25) is 0 Å². The van der Waals surface area contributed by atoms with Crippen LogP contribution in [0.25, 0.3) is 33.8 Å². The lowest BCUT2D eigenvalue weighted by Crippen LogP contribution is -2.57. The van der Waals surface area contributed by atoms with Crippen molar-refractivity contribution in [3.05, 3.63) is 117 Å². The number of imidazole rings is 2. The number of halogens is 4. The van der Waals surface area contributed by atoms with Gasteiger partial charge in [0.05, 0.1) is 35.4 Å². The number of piperazine rings is 2.